The quantitative estimate of drug-likeness (QED) is 0.323. The number of guanidine groups is 1. The second-order valence-electron chi connectivity index (χ2n) is 4.79. The molecule has 20 heavy (non-hydrogen) atoms. The van der Waals surface area contributed by atoms with Gasteiger partial charge in [0, 0.05) is 33.1 Å². The first-order valence-electron chi connectivity index (χ1n) is 7.06. The fourth-order valence-corrected chi connectivity index (χ4v) is 2.29. The van der Waals surface area contributed by atoms with Crippen LogP contribution in [-0.4, -0.2) is 50.0 Å². The van der Waals surface area contributed by atoms with E-state index in [1.54, 1.807) is 13.1 Å². The fraction of sp³-hybridized carbons (Fsp3) is 0.714. The van der Waals surface area contributed by atoms with Gasteiger partial charge in [-0.1, -0.05) is 6.08 Å². The van der Waals surface area contributed by atoms with E-state index in [4.69, 9.17) is 0 Å². The van der Waals surface area contributed by atoms with E-state index < -0.39 is 0 Å². The van der Waals surface area contributed by atoms with Gasteiger partial charge in [-0.3, -0.25) is 4.79 Å². The van der Waals surface area contributed by atoms with Crippen LogP contribution in [0.4, 0.5) is 0 Å². The van der Waals surface area contributed by atoms with Gasteiger partial charge in [0.2, 0.25) is 5.91 Å². The van der Waals surface area contributed by atoms with Gasteiger partial charge in [-0.25, -0.2) is 4.99 Å². The molecule has 116 valence electrons. The normalized spacial score (nSPS) is 16.3. The van der Waals surface area contributed by atoms with Crippen molar-refractivity contribution in [2.24, 2.45) is 10.9 Å². The molecule has 0 bridgehead atoms. The highest BCUT2D eigenvalue weighted by molar-refractivity contribution is 14.0. The maximum Gasteiger partial charge on any atom is 0.220 e. The number of nitrogens with one attached hydrogen (secondary N) is 2. The summed E-state index contributed by atoms with van der Waals surface area (Å²) in [4.78, 5) is 18.1. The van der Waals surface area contributed by atoms with Gasteiger partial charge in [-0.05, 0) is 25.7 Å². The lowest BCUT2D eigenvalue weighted by Gasteiger charge is -2.34. The lowest BCUT2D eigenvalue weighted by molar-refractivity contribution is -0.121. The molecule has 0 aromatic carbocycles. The van der Waals surface area contributed by atoms with E-state index in [2.05, 4.69) is 34.0 Å². The van der Waals surface area contributed by atoms with Crippen LogP contribution in [0.15, 0.2) is 17.6 Å². The number of rotatable bonds is 5. The number of hydrogen-bond donors (Lipinski definition) is 2. The zero-order valence-electron chi connectivity index (χ0n) is 12.5. The van der Waals surface area contributed by atoms with Gasteiger partial charge in [0.05, 0.1) is 6.54 Å². The van der Waals surface area contributed by atoms with Crippen LogP contribution < -0.4 is 10.6 Å². The minimum Gasteiger partial charge on any atom is -0.359 e. The summed E-state index contributed by atoms with van der Waals surface area (Å²) in [6.45, 7) is 9.20. The maximum atomic E-state index is 11.4. The van der Waals surface area contributed by atoms with E-state index in [0.717, 1.165) is 38.4 Å². The van der Waals surface area contributed by atoms with Crippen LogP contribution in [0.5, 0.6) is 0 Å². The number of nitrogens with zero attached hydrogens (tertiary/aromatic N) is 2. The molecule has 0 radical (unpaired) electrons. The summed E-state index contributed by atoms with van der Waals surface area (Å²) in [7, 11) is 1.70. The van der Waals surface area contributed by atoms with Gasteiger partial charge in [-0.15, -0.1) is 30.6 Å². The van der Waals surface area contributed by atoms with E-state index in [9.17, 15) is 4.79 Å². The van der Waals surface area contributed by atoms with Crippen molar-refractivity contribution in [3.63, 3.8) is 0 Å². The van der Waals surface area contributed by atoms with E-state index >= 15 is 0 Å². The first-order valence-corrected chi connectivity index (χ1v) is 7.06. The lowest BCUT2D eigenvalue weighted by Crippen LogP contribution is -2.46. The Hall–Kier alpha value is -0.790. The third-order valence-corrected chi connectivity index (χ3v) is 3.37. The smallest absolute Gasteiger partial charge is 0.220 e. The molecule has 1 heterocycles. The molecule has 6 heteroatoms. The molecular weight excluding hydrogens is 367 g/mol. The van der Waals surface area contributed by atoms with Crippen molar-refractivity contribution < 1.29 is 4.79 Å². The second-order valence-corrected chi connectivity index (χ2v) is 4.79. The molecule has 1 saturated heterocycles. The van der Waals surface area contributed by atoms with Crippen molar-refractivity contribution in [2.45, 2.75) is 26.2 Å². The van der Waals surface area contributed by atoms with E-state index in [1.165, 1.54) is 0 Å². The van der Waals surface area contributed by atoms with Crippen molar-refractivity contribution in [1.29, 1.82) is 0 Å². The van der Waals surface area contributed by atoms with Gasteiger partial charge in [0.25, 0.3) is 0 Å². The number of amides is 1. The third-order valence-electron chi connectivity index (χ3n) is 3.37. The van der Waals surface area contributed by atoms with Crippen molar-refractivity contribution in [3.8, 4) is 0 Å². The molecule has 1 fully saturated rings. The third kappa shape index (κ3) is 6.58. The topological polar surface area (TPSA) is 56.7 Å². The molecule has 0 spiro atoms. The van der Waals surface area contributed by atoms with Crippen molar-refractivity contribution >= 4 is 35.8 Å². The highest BCUT2D eigenvalue weighted by Gasteiger charge is 2.22. The Labute approximate surface area is 139 Å². The van der Waals surface area contributed by atoms with Crippen LogP contribution in [0.3, 0.4) is 0 Å². The largest absolute Gasteiger partial charge is 0.359 e. The number of carbonyl (C=O) groups is 1. The molecule has 1 amide bonds. The van der Waals surface area contributed by atoms with Crippen LogP contribution in [0, 0.1) is 5.92 Å². The second kappa shape index (κ2) is 10.9. The molecule has 1 rings (SSSR count). The number of hydrogen-bond acceptors (Lipinski definition) is 2. The molecule has 0 atom stereocenters. The average molecular weight is 394 g/mol. The van der Waals surface area contributed by atoms with Crippen molar-refractivity contribution in [3.05, 3.63) is 12.7 Å². The Morgan fingerprint density at radius 2 is 2.10 bits per heavy atom. The summed E-state index contributed by atoms with van der Waals surface area (Å²) >= 11 is 0. The molecule has 2 N–H and O–H groups in total. The highest BCUT2D eigenvalue weighted by atomic mass is 127. The average Bonchev–Trinajstić information content (AvgIpc) is 2.44. The molecule has 0 aromatic rings. The summed E-state index contributed by atoms with van der Waals surface area (Å²) in [5, 5.41) is 6.00. The first kappa shape index (κ1) is 19.2. The van der Waals surface area contributed by atoms with Crippen molar-refractivity contribution in [2.75, 3.05) is 33.2 Å². The Morgan fingerprint density at radius 1 is 1.45 bits per heavy atom. The minimum absolute atomic E-state index is 0. The summed E-state index contributed by atoms with van der Waals surface area (Å²) in [6, 6.07) is 0. The Kier molecular flexibility index (Phi) is 10.5. The van der Waals surface area contributed by atoms with Gasteiger partial charge in [-0.2, -0.15) is 0 Å². The van der Waals surface area contributed by atoms with Gasteiger partial charge in [0.1, 0.15) is 0 Å². The monoisotopic (exact) mass is 394 g/mol. The number of likely N-dealkylation sites (tertiary alicyclic amines) is 1. The van der Waals surface area contributed by atoms with Crippen LogP contribution in [0.25, 0.3) is 0 Å². The van der Waals surface area contributed by atoms with E-state index in [0.29, 0.717) is 18.9 Å². The molecular formula is C14H27IN4O. The molecule has 0 saturated carbocycles. The van der Waals surface area contributed by atoms with Crippen LogP contribution >= 0.6 is 24.0 Å². The predicted molar refractivity (Wildman–Crippen MR) is 94.6 cm³/mol. The highest BCUT2D eigenvalue weighted by Crippen LogP contribution is 2.20. The van der Waals surface area contributed by atoms with Gasteiger partial charge in [0.15, 0.2) is 5.96 Å². The molecule has 5 nitrogen and oxygen atoms in total. The standard InChI is InChI=1S/C14H26N4O.HI/c1-4-8-17-14(16-5-2)18-9-6-12(7-10-18)11-13(19)15-3;/h4,12H,1,5-11H2,2-3H3,(H,15,19)(H,16,17);1H. The number of halogens is 1. The zero-order chi connectivity index (χ0) is 14.1. The van der Waals surface area contributed by atoms with Crippen LogP contribution in [-0.2, 0) is 4.79 Å². The maximum absolute atomic E-state index is 11.4. The molecule has 0 aromatic heterocycles. The van der Waals surface area contributed by atoms with E-state index in [1.807, 2.05) is 0 Å². The SMILES string of the molecule is C=CCN=C(NCC)N1CCC(CC(=O)NC)CC1.I. The summed E-state index contributed by atoms with van der Waals surface area (Å²) in [6.07, 6.45) is 4.54. The van der Waals surface area contributed by atoms with Gasteiger partial charge >= 0.3 is 0 Å². The Bertz CT molecular complexity index is 325. The Balaban J connectivity index is 0.00000361. The zero-order valence-corrected chi connectivity index (χ0v) is 14.9. The minimum atomic E-state index is 0. The first-order chi connectivity index (χ1) is 9.21. The predicted octanol–water partition coefficient (Wildman–Crippen LogP) is 1.60. The van der Waals surface area contributed by atoms with Crippen molar-refractivity contribution in [1.82, 2.24) is 15.5 Å². The molecule has 1 aliphatic rings. The number of aliphatic imine (C=N–C) groups is 1. The van der Waals surface area contributed by atoms with Crippen LogP contribution in [0.2, 0.25) is 0 Å². The number of carbonyl (C=O) groups excluding carboxylic acids is 1. The molecule has 1 aliphatic heterocycles. The lowest BCUT2D eigenvalue weighted by atomic mass is 9.93. The summed E-state index contributed by atoms with van der Waals surface area (Å²) < 4.78 is 0. The summed E-state index contributed by atoms with van der Waals surface area (Å²) in [5.41, 5.74) is 0. The Morgan fingerprint density at radius 3 is 2.60 bits per heavy atom. The molecule has 0 aliphatic carbocycles. The summed E-state index contributed by atoms with van der Waals surface area (Å²) in [5.74, 6) is 1.60. The molecule has 0 unspecified atom stereocenters. The fourth-order valence-electron chi connectivity index (χ4n) is 2.29. The van der Waals surface area contributed by atoms with Gasteiger partial charge < -0.3 is 15.5 Å². The number of piperidine rings is 1. The van der Waals surface area contributed by atoms with E-state index in [-0.39, 0.29) is 29.9 Å². The van der Waals surface area contributed by atoms with Crippen LogP contribution in [0.1, 0.15) is 26.2 Å².